The molecule has 1 amide bonds. The van der Waals surface area contributed by atoms with Crippen molar-refractivity contribution in [3.8, 4) is 11.6 Å². The smallest absolute Gasteiger partial charge is 0.308 e. The molecule has 0 spiro atoms. The topological polar surface area (TPSA) is 86.1 Å². The molecule has 0 unspecified atom stereocenters. The van der Waals surface area contributed by atoms with Crippen LogP contribution in [0.4, 0.5) is 5.82 Å². The number of benzene rings is 2. The van der Waals surface area contributed by atoms with Gasteiger partial charge >= 0.3 is 5.97 Å². The van der Waals surface area contributed by atoms with Crippen LogP contribution >= 0.6 is 0 Å². The third-order valence-corrected chi connectivity index (χ3v) is 4.23. The number of carbonyl (C=O) groups is 2. The molecule has 0 aliphatic carbocycles. The number of nitrogens with zero attached hydrogens (tertiary/aromatic N) is 3. The number of para-hydroxylation sites is 1. The van der Waals surface area contributed by atoms with Gasteiger partial charge in [0.1, 0.15) is 11.6 Å². The van der Waals surface area contributed by atoms with Crippen molar-refractivity contribution in [2.24, 2.45) is 0 Å². The fourth-order valence-corrected chi connectivity index (χ4v) is 2.99. The van der Waals surface area contributed by atoms with Crippen LogP contribution in [-0.4, -0.2) is 26.6 Å². The van der Waals surface area contributed by atoms with Crippen molar-refractivity contribution >= 4 is 28.6 Å². The van der Waals surface area contributed by atoms with Gasteiger partial charge in [-0.3, -0.25) is 9.59 Å². The summed E-state index contributed by atoms with van der Waals surface area (Å²) in [4.78, 5) is 28.5. The zero-order valence-corrected chi connectivity index (χ0v) is 15.9. The Hall–Kier alpha value is -4.00. The Bertz CT molecular complexity index is 1230. The summed E-state index contributed by atoms with van der Waals surface area (Å²) in [6.45, 7) is 3.15. The van der Waals surface area contributed by atoms with E-state index >= 15 is 0 Å². The second-order valence-electron chi connectivity index (χ2n) is 6.52. The molecule has 7 heteroatoms. The molecule has 0 fully saturated rings. The first-order chi connectivity index (χ1) is 14.0. The number of ether oxygens (including phenoxy) is 1. The molecule has 0 aliphatic heterocycles. The summed E-state index contributed by atoms with van der Waals surface area (Å²) >= 11 is 0. The van der Waals surface area contributed by atoms with Gasteiger partial charge in [0, 0.05) is 23.9 Å². The van der Waals surface area contributed by atoms with Crippen LogP contribution in [0, 0.1) is 6.92 Å². The molecule has 2 aromatic heterocycles. The third kappa shape index (κ3) is 3.98. The van der Waals surface area contributed by atoms with E-state index < -0.39 is 5.97 Å². The minimum Gasteiger partial charge on any atom is -0.427 e. The molecule has 4 aromatic rings. The van der Waals surface area contributed by atoms with Gasteiger partial charge in [-0.2, -0.15) is 9.78 Å². The number of hydrogen-bond acceptors (Lipinski definition) is 5. The molecule has 2 aromatic carbocycles. The molecule has 4 rings (SSSR count). The summed E-state index contributed by atoms with van der Waals surface area (Å²) in [5, 5.41) is 8.34. The number of anilines is 1. The zero-order valence-electron chi connectivity index (χ0n) is 15.9. The molecule has 0 bridgehead atoms. The Kier molecular flexibility index (Phi) is 4.78. The van der Waals surface area contributed by atoms with E-state index in [0.29, 0.717) is 22.9 Å². The number of fused-ring (bicyclic) bond motifs is 1. The van der Waals surface area contributed by atoms with E-state index in [-0.39, 0.29) is 5.91 Å². The normalized spacial score (nSPS) is 10.7. The first-order valence-corrected chi connectivity index (χ1v) is 9.02. The highest BCUT2D eigenvalue weighted by Crippen LogP contribution is 2.21. The minimum atomic E-state index is -0.446. The van der Waals surface area contributed by atoms with Gasteiger partial charge in [-0.1, -0.05) is 24.3 Å². The number of pyridine rings is 1. The number of aromatic nitrogens is 3. The highest BCUT2D eigenvalue weighted by Gasteiger charge is 2.14. The van der Waals surface area contributed by atoms with Gasteiger partial charge < -0.3 is 10.1 Å². The van der Waals surface area contributed by atoms with Gasteiger partial charge in [-0.05, 0) is 43.3 Å². The van der Waals surface area contributed by atoms with Crippen molar-refractivity contribution in [1.82, 2.24) is 14.8 Å². The van der Waals surface area contributed by atoms with Crippen molar-refractivity contribution in [3.05, 3.63) is 78.0 Å². The van der Waals surface area contributed by atoms with E-state index in [1.807, 2.05) is 43.3 Å². The van der Waals surface area contributed by atoms with E-state index in [2.05, 4.69) is 15.4 Å². The van der Waals surface area contributed by atoms with Crippen molar-refractivity contribution < 1.29 is 14.3 Å². The maximum atomic E-state index is 12.7. The number of rotatable bonds is 4. The number of hydrogen-bond donors (Lipinski definition) is 1. The van der Waals surface area contributed by atoms with Crippen molar-refractivity contribution in [1.29, 1.82) is 0 Å². The number of aryl methyl sites for hydroxylation is 1. The molecule has 7 nitrogen and oxygen atoms in total. The maximum Gasteiger partial charge on any atom is 0.308 e. The summed E-state index contributed by atoms with van der Waals surface area (Å²) in [6.07, 6.45) is 0. The first-order valence-electron chi connectivity index (χ1n) is 9.02. The van der Waals surface area contributed by atoms with E-state index in [4.69, 9.17) is 4.74 Å². The standard InChI is InChI=1S/C22H18N4O3/c1-14-12-21(24-22(28)17-7-5-8-18(13-17)29-15(2)27)26(25-14)20-11-10-16-6-3-4-9-19(16)23-20/h3-13H,1-2H3,(H,24,28). The fraction of sp³-hybridized carbons (Fsp3) is 0.0909. The van der Waals surface area contributed by atoms with Crippen molar-refractivity contribution in [3.63, 3.8) is 0 Å². The van der Waals surface area contributed by atoms with Crippen LogP contribution in [0.1, 0.15) is 23.0 Å². The minimum absolute atomic E-state index is 0.311. The average Bonchev–Trinajstić information content (AvgIpc) is 3.07. The fourth-order valence-electron chi connectivity index (χ4n) is 2.99. The number of amides is 1. The molecular weight excluding hydrogens is 368 g/mol. The van der Waals surface area contributed by atoms with Gasteiger partial charge in [0.2, 0.25) is 0 Å². The summed E-state index contributed by atoms with van der Waals surface area (Å²) < 4.78 is 6.64. The highest BCUT2D eigenvalue weighted by atomic mass is 16.5. The molecular formula is C22H18N4O3. The molecule has 2 heterocycles. The van der Waals surface area contributed by atoms with Crippen LogP contribution in [0.15, 0.2) is 66.7 Å². The van der Waals surface area contributed by atoms with Gasteiger partial charge in [0.05, 0.1) is 11.2 Å². The second kappa shape index (κ2) is 7.55. The first kappa shape index (κ1) is 18.4. The third-order valence-electron chi connectivity index (χ3n) is 4.23. The van der Waals surface area contributed by atoms with Crippen LogP contribution in [0.2, 0.25) is 0 Å². The molecule has 0 radical (unpaired) electrons. The monoisotopic (exact) mass is 386 g/mol. The summed E-state index contributed by atoms with van der Waals surface area (Å²) in [6, 6.07) is 19.8. The number of esters is 1. The Morgan fingerprint density at radius 2 is 1.83 bits per heavy atom. The average molecular weight is 386 g/mol. The van der Waals surface area contributed by atoms with Gasteiger partial charge in [0.15, 0.2) is 5.82 Å². The van der Waals surface area contributed by atoms with Gasteiger partial charge in [0.25, 0.3) is 5.91 Å². The van der Waals surface area contributed by atoms with E-state index in [9.17, 15) is 9.59 Å². The lowest BCUT2D eigenvalue weighted by Crippen LogP contribution is -2.16. The Morgan fingerprint density at radius 3 is 2.66 bits per heavy atom. The highest BCUT2D eigenvalue weighted by molar-refractivity contribution is 6.04. The Labute approximate surface area is 167 Å². The summed E-state index contributed by atoms with van der Waals surface area (Å²) in [5.41, 5.74) is 1.94. The molecule has 0 atom stereocenters. The van der Waals surface area contributed by atoms with Gasteiger partial charge in [-0.15, -0.1) is 0 Å². The lowest BCUT2D eigenvalue weighted by molar-refractivity contribution is -0.131. The molecule has 0 aliphatic rings. The lowest BCUT2D eigenvalue weighted by Gasteiger charge is -2.10. The quantitative estimate of drug-likeness (QED) is 0.425. The van der Waals surface area contributed by atoms with Crippen LogP contribution in [0.3, 0.4) is 0 Å². The predicted molar refractivity (Wildman–Crippen MR) is 109 cm³/mol. The van der Waals surface area contributed by atoms with Crippen LogP contribution in [-0.2, 0) is 4.79 Å². The van der Waals surface area contributed by atoms with E-state index in [0.717, 1.165) is 16.6 Å². The second-order valence-corrected chi connectivity index (χ2v) is 6.52. The zero-order chi connectivity index (χ0) is 20.4. The molecule has 29 heavy (non-hydrogen) atoms. The largest absolute Gasteiger partial charge is 0.427 e. The van der Waals surface area contributed by atoms with Gasteiger partial charge in [-0.25, -0.2) is 4.98 Å². The van der Waals surface area contributed by atoms with Crippen LogP contribution in [0.5, 0.6) is 5.75 Å². The van der Waals surface area contributed by atoms with Crippen LogP contribution in [0.25, 0.3) is 16.7 Å². The predicted octanol–water partition coefficient (Wildman–Crippen LogP) is 3.91. The van der Waals surface area contributed by atoms with Crippen molar-refractivity contribution in [2.75, 3.05) is 5.32 Å². The molecule has 1 N–H and O–H groups in total. The van der Waals surface area contributed by atoms with Crippen LogP contribution < -0.4 is 10.1 Å². The molecule has 0 saturated heterocycles. The van der Waals surface area contributed by atoms with Crippen molar-refractivity contribution in [2.45, 2.75) is 13.8 Å². The number of carbonyl (C=O) groups excluding carboxylic acids is 2. The Morgan fingerprint density at radius 1 is 1.00 bits per heavy atom. The Balaban J connectivity index is 1.64. The summed E-state index contributed by atoms with van der Waals surface area (Å²) in [5.74, 6) is 0.611. The van der Waals surface area contributed by atoms with E-state index in [1.54, 1.807) is 28.9 Å². The molecule has 144 valence electrons. The SMILES string of the molecule is CC(=O)Oc1cccc(C(=O)Nc2cc(C)nn2-c2ccc3ccccc3n2)c1. The lowest BCUT2D eigenvalue weighted by atomic mass is 10.2. The maximum absolute atomic E-state index is 12.7. The summed E-state index contributed by atoms with van der Waals surface area (Å²) in [7, 11) is 0. The number of nitrogens with one attached hydrogen (secondary N) is 1. The van der Waals surface area contributed by atoms with E-state index in [1.165, 1.54) is 13.0 Å². The molecule has 0 saturated carbocycles.